The van der Waals surface area contributed by atoms with E-state index < -0.39 is 0 Å². The van der Waals surface area contributed by atoms with E-state index in [4.69, 9.17) is 4.98 Å². The molecular weight excluding hydrogens is 384 g/mol. The van der Waals surface area contributed by atoms with Gasteiger partial charge in [0, 0.05) is 43.3 Å². The summed E-state index contributed by atoms with van der Waals surface area (Å²) in [5.74, 6) is 0.927. The van der Waals surface area contributed by atoms with Crippen molar-refractivity contribution >= 4 is 34.4 Å². The molecule has 3 aromatic rings. The molecule has 1 amide bonds. The summed E-state index contributed by atoms with van der Waals surface area (Å²) in [4.78, 5) is 22.1. The Morgan fingerprint density at radius 1 is 1.03 bits per heavy atom. The van der Waals surface area contributed by atoms with Crippen LogP contribution in [-0.2, 0) is 4.79 Å². The van der Waals surface area contributed by atoms with E-state index in [1.807, 2.05) is 55.5 Å². The Bertz CT molecular complexity index is 1100. The van der Waals surface area contributed by atoms with Crippen molar-refractivity contribution < 1.29 is 4.79 Å². The van der Waals surface area contributed by atoms with Gasteiger partial charge >= 0.3 is 0 Å². The third kappa shape index (κ3) is 5.12. The number of anilines is 2. The lowest BCUT2D eigenvalue weighted by Gasteiger charge is -2.35. The molecule has 1 aliphatic rings. The Labute approximate surface area is 184 Å². The van der Waals surface area contributed by atoms with Gasteiger partial charge in [-0.1, -0.05) is 36.8 Å². The topological polar surface area (TPSA) is 48.5 Å². The molecule has 160 valence electrons. The molecule has 1 N–H and O–H groups in total. The minimum atomic E-state index is -0.143. The monoisotopic (exact) mass is 414 g/mol. The number of nitrogens with one attached hydrogen (secondary N) is 1. The molecule has 1 aromatic heterocycles. The molecule has 4 rings (SSSR count). The molecule has 5 heteroatoms. The highest BCUT2D eigenvalue weighted by atomic mass is 16.1. The third-order valence-corrected chi connectivity index (χ3v) is 5.87. The number of aryl methyl sites for hydroxylation is 2. The molecule has 2 aromatic carbocycles. The fraction of sp³-hybridized carbons (Fsp3) is 0.308. The van der Waals surface area contributed by atoms with E-state index in [2.05, 4.69) is 35.0 Å². The zero-order chi connectivity index (χ0) is 21.8. The van der Waals surface area contributed by atoms with E-state index in [9.17, 15) is 4.79 Å². The van der Waals surface area contributed by atoms with Crippen LogP contribution in [0.25, 0.3) is 17.0 Å². The van der Waals surface area contributed by atoms with Gasteiger partial charge in [-0.15, -0.1) is 0 Å². The maximum Gasteiger partial charge on any atom is 0.248 e. The predicted octanol–water partition coefficient (Wildman–Crippen LogP) is 4.65. The molecule has 0 saturated carbocycles. The minimum absolute atomic E-state index is 0.143. The van der Waals surface area contributed by atoms with Gasteiger partial charge in [-0.05, 0) is 61.9 Å². The largest absolute Gasteiger partial charge is 0.354 e. The molecule has 5 nitrogen and oxygen atoms in total. The van der Waals surface area contributed by atoms with E-state index in [-0.39, 0.29) is 5.91 Å². The first kappa shape index (κ1) is 21.1. The summed E-state index contributed by atoms with van der Waals surface area (Å²) in [6.45, 7) is 11.7. The Morgan fingerprint density at radius 2 is 1.77 bits per heavy atom. The van der Waals surface area contributed by atoms with Crippen LogP contribution in [0.2, 0.25) is 0 Å². The molecule has 0 unspecified atom stereocenters. The van der Waals surface area contributed by atoms with Crippen LogP contribution < -0.4 is 10.2 Å². The second-order valence-electron chi connectivity index (χ2n) is 8.19. The highest BCUT2D eigenvalue weighted by Crippen LogP contribution is 2.26. The summed E-state index contributed by atoms with van der Waals surface area (Å²) in [7, 11) is 0. The quantitative estimate of drug-likeness (QED) is 0.618. The highest BCUT2D eigenvalue weighted by Gasteiger charge is 2.18. The van der Waals surface area contributed by atoms with Crippen LogP contribution in [0.5, 0.6) is 0 Å². The molecule has 1 fully saturated rings. The molecule has 0 bridgehead atoms. The molecule has 0 atom stereocenters. The summed E-state index contributed by atoms with van der Waals surface area (Å²) < 4.78 is 0. The summed E-state index contributed by atoms with van der Waals surface area (Å²) >= 11 is 0. The molecule has 0 spiro atoms. The van der Waals surface area contributed by atoms with Gasteiger partial charge in [-0.25, -0.2) is 4.98 Å². The minimum Gasteiger partial charge on any atom is -0.354 e. The van der Waals surface area contributed by atoms with Crippen molar-refractivity contribution in [2.45, 2.75) is 20.8 Å². The molecule has 2 heterocycles. The smallest absolute Gasteiger partial charge is 0.248 e. The average molecular weight is 415 g/mol. The number of fused-ring (bicyclic) bond motifs is 1. The fourth-order valence-corrected chi connectivity index (χ4v) is 3.98. The maximum absolute atomic E-state index is 12.3. The Morgan fingerprint density at radius 3 is 2.48 bits per heavy atom. The molecule has 0 aliphatic carbocycles. The molecule has 31 heavy (non-hydrogen) atoms. The SMILES string of the molecule is CCN1CCN(c2nc3ccc(NC(=O)C=Cc4ccc(C)cc4)cc3cc2C)CC1. The molecular formula is C26H30N4O. The number of aromatic nitrogens is 1. The van der Waals surface area contributed by atoms with Crippen molar-refractivity contribution in [3.05, 3.63) is 71.3 Å². The average Bonchev–Trinajstić information content (AvgIpc) is 2.78. The lowest BCUT2D eigenvalue weighted by molar-refractivity contribution is -0.111. The van der Waals surface area contributed by atoms with Crippen molar-refractivity contribution in [1.82, 2.24) is 9.88 Å². The number of pyridine rings is 1. The van der Waals surface area contributed by atoms with Gasteiger partial charge in [0.05, 0.1) is 5.52 Å². The third-order valence-electron chi connectivity index (χ3n) is 5.87. The first-order valence-corrected chi connectivity index (χ1v) is 11.0. The number of carbonyl (C=O) groups excluding carboxylic acids is 1. The van der Waals surface area contributed by atoms with E-state index >= 15 is 0 Å². The lowest BCUT2D eigenvalue weighted by Crippen LogP contribution is -2.46. The van der Waals surface area contributed by atoms with Crippen molar-refractivity contribution in [1.29, 1.82) is 0 Å². The van der Waals surface area contributed by atoms with Crippen LogP contribution >= 0.6 is 0 Å². The zero-order valence-corrected chi connectivity index (χ0v) is 18.6. The second kappa shape index (κ2) is 9.31. The normalized spacial score (nSPS) is 15.0. The van der Waals surface area contributed by atoms with Gasteiger partial charge in [-0.3, -0.25) is 4.79 Å². The predicted molar refractivity (Wildman–Crippen MR) is 130 cm³/mol. The van der Waals surface area contributed by atoms with Gasteiger partial charge in [-0.2, -0.15) is 0 Å². The van der Waals surface area contributed by atoms with Gasteiger partial charge in [0.25, 0.3) is 0 Å². The lowest BCUT2D eigenvalue weighted by atomic mass is 10.1. The molecule has 1 saturated heterocycles. The number of amides is 1. The number of benzene rings is 2. The number of likely N-dealkylation sites (N-methyl/N-ethyl adjacent to an activating group) is 1. The van der Waals surface area contributed by atoms with Gasteiger partial charge in [0.15, 0.2) is 0 Å². The molecule has 0 radical (unpaired) electrons. The fourth-order valence-electron chi connectivity index (χ4n) is 3.98. The van der Waals surface area contributed by atoms with Crippen LogP contribution in [0.1, 0.15) is 23.6 Å². The van der Waals surface area contributed by atoms with Gasteiger partial charge in [0.2, 0.25) is 5.91 Å². The molecule has 1 aliphatic heterocycles. The van der Waals surface area contributed by atoms with Crippen molar-refractivity contribution in [3.8, 4) is 0 Å². The standard InChI is InChI=1S/C26H30N4O/c1-4-29-13-15-30(16-14-29)26-20(3)17-22-18-23(10-11-24(22)28-26)27-25(31)12-9-21-7-5-19(2)6-8-21/h5-12,17-18H,4,13-16H2,1-3H3,(H,27,31). The number of hydrogen-bond donors (Lipinski definition) is 1. The Kier molecular flexibility index (Phi) is 6.33. The van der Waals surface area contributed by atoms with Crippen LogP contribution in [-0.4, -0.2) is 48.5 Å². The zero-order valence-electron chi connectivity index (χ0n) is 18.6. The summed E-state index contributed by atoms with van der Waals surface area (Å²) in [6, 6.07) is 16.1. The number of piperazine rings is 1. The first-order chi connectivity index (χ1) is 15.0. The van der Waals surface area contributed by atoms with Crippen LogP contribution in [0.3, 0.4) is 0 Å². The number of nitrogens with zero attached hydrogens (tertiary/aromatic N) is 3. The number of hydrogen-bond acceptors (Lipinski definition) is 4. The summed E-state index contributed by atoms with van der Waals surface area (Å²) in [5.41, 5.74) is 5.10. The van der Waals surface area contributed by atoms with Gasteiger partial charge < -0.3 is 15.1 Å². The highest BCUT2D eigenvalue weighted by molar-refractivity contribution is 6.03. The van der Waals surface area contributed by atoms with Crippen LogP contribution in [0.15, 0.2) is 54.6 Å². The first-order valence-electron chi connectivity index (χ1n) is 11.0. The van der Waals surface area contributed by atoms with Crippen LogP contribution in [0, 0.1) is 13.8 Å². The van der Waals surface area contributed by atoms with Crippen LogP contribution in [0.4, 0.5) is 11.5 Å². The maximum atomic E-state index is 12.3. The summed E-state index contributed by atoms with van der Waals surface area (Å²) in [5, 5.41) is 3.99. The van der Waals surface area contributed by atoms with Crippen molar-refractivity contribution in [3.63, 3.8) is 0 Å². The van der Waals surface area contributed by atoms with Crippen molar-refractivity contribution in [2.75, 3.05) is 42.9 Å². The second-order valence-corrected chi connectivity index (χ2v) is 8.19. The van der Waals surface area contributed by atoms with Crippen molar-refractivity contribution in [2.24, 2.45) is 0 Å². The Balaban J connectivity index is 1.46. The van der Waals surface area contributed by atoms with E-state index in [1.54, 1.807) is 6.08 Å². The van der Waals surface area contributed by atoms with E-state index in [0.717, 1.165) is 60.7 Å². The number of rotatable bonds is 5. The van der Waals surface area contributed by atoms with Gasteiger partial charge in [0.1, 0.15) is 5.82 Å². The van der Waals surface area contributed by atoms with E-state index in [1.165, 1.54) is 11.1 Å². The van der Waals surface area contributed by atoms with E-state index in [0.29, 0.717) is 0 Å². The summed E-state index contributed by atoms with van der Waals surface area (Å²) in [6.07, 6.45) is 3.39. The number of carbonyl (C=O) groups is 1. The Hall–Kier alpha value is -3.18.